The number of hydrogen-bond donors (Lipinski definition) is 3. The number of phenolic OH excluding ortho intramolecular Hbond substituents is 1. The number of carbonyl (C=O) groups is 1. The number of rotatable bonds is 13. The summed E-state index contributed by atoms with van der Waals surface area (Å²) < 4.78 is 0.858. The third-order valence-corrected chi connectivity index (χ3v) is 8.71. The number of aromatic nitrogens is 1. The lowest BCUT2D eigenvalue weighted by molar-refractivity contribution is -0.134. The number of nitrogens with zero attached hydrogens (tertiary/aromatic N) is 1. The number of aryl methyl sites for hydroxylation is 1. The molecule has 1 amide bonds. The number of benzene rings is 2. The second-order valence-electron chi connectivity index (χ2n) is 11.4. The Labute approximate surface area is 230 Å². The van der Waals surface area contributed by atoms with Crippen LogP contribution in [0.4, 0.5) is 0 Å². The molecule has 1 heterocycles. The van der Waals surface area contributed by atoms with E-state index in [-0.39, 0.29) is 22.1 Å². The van der Waals surface area contributed by atoms with Gasteiger partial charge in [0.15, 0.2) is 0 Å². The summed E-state index contributed by atoms with van der Waals surface area (Å²) in [5.41, 5.74) is 2.89. The summed E-state index contributed by atoms with van der Waals surface area (Å²) in [6.45, 7) is 5.92. The first kappa shape index (κ1) is 28.4. The maximum absolute atomic E-state index is 13.4. The lowest BCUT2D eigenvalue weighted by atomic mass is 9.93. The summed E-state index contributed by atoms with van der Waals surface area (Å²) in [5.74, 6) is 0.402. The number of nitrogens with one attached hydrogen (secondary N) is 2. The van der Waals surface area contributed by atoms with Gasteiger partial charge in [0.2, 0.25) is 5.91 Å². The first-order valence-corrected chi connectivity index (χ1v) is 15.1. The van der Waals surface area contributed by atoms with Gasteiger partial charge in [-0.2, -0.15) is 0 Å². The monoisotopic (exact) mass is 537 g/mol. The Morgan fingerprint density at radius 2 is 1.84 bits per heavy atom. The van der Waals surface area contributed by atoms with Crippen molar-refractivity contribution in [3.63, 3.8) is 0 Å². The smallest absolute Gasteiger partial charge is 0.305 e. The highest BCUT2D eigenvalue weighted by Crippen LogP contribution is 2.29. The highest BCUT2D eigenvalue weighted by atomic mass is 32.1. The van der Waals surface area contributed by atoms with Gasteiger partial charge in [0, 0.05) is 31.1 Å². The number of carbonyl (C=O) groups excluding carboxylic acids is 1. The zero-order valence-corrected chi connectivity index (χ0v) is 23.7. The minimum atomic E-state index is -0.137. The first-order chi connectivity index (χ1) is 18.3. The van der Waals surface area contributed by atoms with Crippen molar-refractivity contribution in [1.29, 1.82) is 0 Å². The zero-order valence-electron chi connectivity index (χ0n) is 22.9. The molecular weight excluding hydrogens is 494 g/mol. The van der Waals surface area contributed by atoms with Crippen LogP contribution >= 0.6 is 11.3 Å². The van der Waals surface area contributed by atoms with E-state index < -0.39 is 0 Å². The van der Waals surface area contributed by atoms with Gasteiger partial charge in [-0.25, -0.2) is 0 Å². The normalized spacial score (nSPS) is 14.7. The van der Waals surface area contributed by atoms with Gasteiger partial charge in [-0.15, -0.1) is 0 Å². The molecule has 0 unspecified atom stereocenters. The predicted octanol–water partition coefficient (Wildman–Crippen LogP) is 6.17. The molecule has 1 aliphatic carbocycles. The van der Waals surface area contributed by atoms with Crippen LogP contribution in [-0.2, 0) is 17.6 Å². The van der Waals surface area contributed by atoms with Crippen molar-refractivity contribution in [2.45, 2.75) is 96.1 Å². The molecule has 0 spiro atoms. The molecule has 0 atom stereocenters. The number of phenols is 1. The van der Waals surface area contributed by atoms with E-state index in [0.717, 1.165) is 73.1 Å². The van der Waals surface area contributed by atoms with E-state index in [9.17, 15) is 14.7 Å². The van der Waals surface area contributed by atoms with Crippen LogP contribution in [0.15, 0.2) is 47.3 Å². The molecule has 7 heteroatoms. The third kappa shape index (κ3) is 7.93. The van der Waals surface area contributed by atoms with Gasteiger partial charge in [-0.3, -0.25) is 9.59 Å². The molecule has 4 rings (SSSR count). The fourth-order valence-corrected chi connectivity index (χ4v) is 6.67. The highest BCUT2D eigenvalue weighted by molar-refractivity contribution is 7.16. The number of fused-ring (bicyclic) bond motifs is 1. The number of unbranched alkanes of at least 4 members (excludes halogenated alkanes) is 2. The molecule has 3 aromatic rings. The summed E-state index contributed by atoms with van der Waals surface area (Å²) in [6, 6.07) is 14.5. The molecule has 1 aliphatic rings. The summed E-state index contributed by atoms with van der Waals surface area (Å²) in [4.78, 5) is 29.9. The summed E-state index contributed by atoms with van der Waals surface area (Å²) >= 11 is 1.16. The molecule has 1 fully saturated rings. The maximum Gasteiger partial charge on any atom is 0.305 e. The molecule has 38 heavy (non-hydrogen) atoms. The van der Waals surface area contributed by atoms with E-state index in [4.69, 9.17) is 0 Å². The van der Waals surface area contributed by atoms with E-state index in [2.05, 4.69) is 53.3 Å². The molecule has 1 aromatic heterocycles. The molecule has 0 aliphatic heterocycles. The van der Waals surface area contributed by atoms with Gasteiger partial charge in [-0.1, -0.05) is 73.4 Å². The third-order valence-electron chi connectivity index (χ3n) is 7.75. The number of thiazole rings is 1. The van der Waals surface area contributed by atoms with E-state index in [1.807, 2.05) is 12.1 Å². The van der Waals surface area contributed by atoms with Crippen molar-refractivity contribution >= 4 is 27.5 Å². The molecule has 6 nitrogen and oxygen atoms in total. The summed E-state index contributed by atoms with van der Waals surface area (Å²) in [5, 5.41) is 13.6. The Morgan fingerprint density at radius 1 is 1.08 bits per heavy atom. The zero-order chi connectivity index (χ0) is 27.0. The van der Waals surface area contributed by atoms with Gasteiger partial charge >= 0.3 is 4.87 Å². The summed E-state index contributed by atoms with van der Waals surface area (Å²) in [6.07, 6.45) is 11.3. The minimum absolute atomic E-state index is 0.0654. The largest absolute Gasteiger partial charge is 0.506 e. The Bertz CT molecular complexity index is 1230. The van der Waals surface area contributed by atoms with Crippen molar-refractivity contribution in [2.24, 2.45) is 0 Å². The molecule has 0 bridgehead atoms. The second-order valence-corrected chi connectivity index (χ2v) is 12.4. The number of amides is 1. The average molecular weight is 538 g/mol. The lowest BCUT2D eigenvalue weighted by Gasteiger charge is -2.35. The molecule has 2 aromatic carbocycles. The van der Waals surface area contributed by atoms with Crippen LogP contribution in [0.1, 0.15) is 82.8 Å². The molecule has 0 radical (unpaired) electrons. The average Bonchev–Trinajstić information content (AvgIpc) is 3.30. The highest BCUT2D eigenvalue weighted by Gasteiger charge is 2.25. The SMILES string of the molecule is CC(C)(Cc1ccccc1)NCCC(=O)N(CCCCCc1ccc(O)c2[nH]c(=O)sc12)C1CCCCC1. The van der Waals surface area contributed by atoms with Crippen molar-refractivity contribution < 1.29 is 9.90 Å². The van der Waals surface area contributed by atoms with Gasteiger partial charge in [0.25, 0.3) is 0 Å². The van der Waals surface area contributed by atoms with Crippen LogP contribution in [0.2, 0.25) is 0 Å². The van der Waals surface area contributed by atoms with E-state index in [1.54, 1.807) is 6.07 Å². The number of aromatic hydroxyl groups is 1. The van der Waals surface area contributed by atoms with Crippen molar-refractivity contribution in [2.75, 3.05) is 13.1 Å². The van der Waals surface area contributed by atoms with Crippen LogP contribution < -0.4 is 10.2 Å². The lowest BCUT2D eigenvalue weighted by Crippen LogP contribution is -2.46. The van der Waals surface area contributed by atoms with Crippen LogP contribution in [0.25, 0.3) is 10.2 Å². The standard InChI is InChI=1S/C31H43N3O3S/c1-31(2,22-23-12-6-3-7-13-23)32-20-19-27(36)34(25-15-9-4-10-16-25)21-11-5-8-14-24-17-18-26(35)28-29(24)38-30(37)33-28/h3,6-7,12-13,17-18,25,32,35H,4-5,8-11,14-16,19-22H2,1-2H3,(H,33,37). The molecule has 0 saturated heterocycles. The Morgan fingerprint density at radius 3 is 2.61 bits per heavy atom. The molecule has 1 saturated carbocycles. The van der Waals surface area contributed by atoms with Gasteiger partial charge < -0.3 is 20.3 Å². The fraction of sp³-hybridized carbons (Fsp3) is 0.548. The van der Waals surface area contributed by atoms with E-state index in [0.29, 0.717) is 24.5 Å². The maximum atomic E-state index is 13.4. The van der Waals surface area contributed by atoms with Crippen LogP contribution in [0.3, 0.4) is 0 Å². The van der Waals surface area contributed by atoms with Crippen molar-refractivity contribution in [1.82, 2.24) is 15.2 Å². The second kappa shape index (κ2) is 13.4. The van der Waals surface area contributed by atoms with Crippen LogP contribution in [-0.4, -0.2) is 45.6 Å². The van der Waals surface area contributed by atoms with E-state index in [1.165, 1.54) is 24.8 Å². The number of aromatic amines is 1. The van der Waals surface area contributed by atoms with Crippen LogP contribution in [0.5, 0.6) is 5.75 Å². The van der Waals surface area contributed by atoms with Gasteiger partial charge in [0.05, 0.1) is 4.70 Å². The van der Waals surface area contributed by atoms with Crippen LogP contribution in [0, 0.1) is 0 Å². The van der Waals surface area contributed by atoms with Gasteiger partial charge in [-0.05, 0) is 69.6 Å². The topological polar surface area (TPSA) is 85.4 Å². The summed E-state index contributed by atoms with van der Waals surface area (Å²) in [7, 11) is 0. The van der Waals surface area contributed by atoms with E-state index >= 15 is 0 Å². The fourth-order valence-electron chi connectivity index (χ4n) is 5.77. The number of hydrogen-bond acceptors (Lipinski definition) is 5. The predicted molar refractivity (Wildman–Crippen MR) is 157 cm³/mol. The molecule has 206 valence electrons. The van der Waals surface area contributed by atoms with Gasteiger partial charge in [0.1, 0.15) is 11.3 Å². The Balaban J connectivity index is 1.26. The molecule has 3 N–H and O–H groups in total. The Kier molecular flexibility index (Phi) is 10.0. The van der Waals surface area contributed by atoms with Crippen molar-refractivity contribution in [3.8, 4) is 5.75 Å². The number of H-pyrrole nitrogens is 1. The van der Waals surface area contributed by atoms with Crippen molar-refractivity contribution in [3.05, 3.63) is 63.3 Å². The quantitative estimate of drug-likeness (QED) is 0.228. The minimum Gasteiger partial charge on any atom is -0.506 e. The molecular formula is C31H43N3O3S. The first-order valence-electron chi connectivity index (χ1n) is 14.2. The Hall–Kier alpha value is -2.64.